The molecule has 0 unspecified atom stereocenters. The Morgan fingerprint density at radius 1 is 1.24 bits per heavy atom. The molecule has 0 aromatic heterocycles. The van der Waals surface area contributed by atoms with E-state index < -0.39 is 10.0 Å². The van der Waals surface area contributed by atoms with Gasteiger partial charge in [0.05, 0.1) is 5.75 Å². The second kappa shape index (κ2) is 7.34. The summed E-state index contributed by atoms with van der Waals surface area (Å²) < 4.78 is 26.4. The summed E-state index contributed by atoms with van der Waals surface area (Å²) in [4.78, 5) is 0. The van der Waals surface area contributed by atoms with Crippen LogP contribution in [0.5, 0.6) is 0 Å². The van der Waals surface area contributed by atoms with E-state index in [1.54, 1.807) is 0 Å². The van der Waals surface area contributed by atoms with E-state index in [4.69, 9.17) is 0 Å². The normalized spacial score (nSPS) is 20.4. The lowest BCUT2D eigenvalue weighted by Crippen LogP contribution is -2.40. The van der Waals surface area contributed by atoms with Gasteiger partial charge in [-0.25, -0.2) is 13.1 Å². The van der Waals surface area contributed by atoms with Gasteiger partial charge in [-0.3, -0.25) is 0 Å². The first-order chi connectivity index (χ1) is 8.03. The van der Waals surface area contributed by atoms with Gasteiger partial charge >= 0.3 is 0 Å². The fourth-order valence-electron chi connectivity index (χ4n) is 2.40. The lowest BCUT2D eigenvalue weighted by molar-refractivity contribution is 0.383. The van der Waals surface area contributed by atoms with E-state index >= 15 is 0 Å². The van der Waals surface area contributed by atoms with Crippen molar-refractivity contribution in [3.8, 4) is 0 Å². The largest absolute Gasteiger partial charge is 0.313 e. The molecule has 1 aliphatic rings. The van der Waals surface area contributed by atoms with Crippen LogP contribution in [-0.2, 0) is 10.0 Å². The predicted molar refractivity (Wildman–Crippen MR) is 71.5 cm³/mol. The molecule has 0 aliphatic heterocycles. The van der Waals surface area contributed by atoms with Crippen molar-refractivity contribution in [1.82, 2.24) is 10.0 Å². The number of sulfonamides is 1. The maximum atomic E-state index is 11.9. The van der Waals surface area contributed by atoms with Crippen LogP contribution in [0.4, 0.5) is 0 Å². The van der Waals surface area contributed by atoms with E-state index in [-0.39, 0.29) is 6.04 Å². The first-order valence-corrected chi connectivity index (χ1v) is 8.39. The quantitative estimate of drug-likeness (QED) is 0.731. The topological polar surface area (TPSA) is 58.2 Å². The van der Waals surface area contributed by atoms with Crippen molar-refractivity contribution in [3.63, 3.8) is 0 Å². The molecule has 1 aliphatic carbocycles. The Bertz CT molecular complexity index is 298. The van der Waals surface area contributed by atoms with Gasteiger partial charge < -0.3 is 5.32 Å². The van der Waals surface area contributed by atoms with Crippen LogP contribution in [0.15, 0.2) is 0 Å². The highest BCUT2D eigenvalue weighted by Crippen LogP contribution is 2.24. The fraction of sp³-hybridized carbons (Fsp3) is 1.00. The molecule has 0 aromatic carbocycles. The molecule has 17 heavy (non-hydrogen) atoms. The molecule has 1 atom stereocenters. The minimum atomic E-state index is -3.08. The molecule has 0 heterocycles. The number of hydrogen-bond acceptors (Lipinski definition) is 3. The van der Waals surface area contributed by atoms with Crippen molar-refractivity contribution in [2.45, 2.75) is 52.0 Å². The van der Waals surface area contributed by atoms with E-state index in [1.807, 2.05) is 13.8 Å². The number of nitrogens with one attached hydrogen (secondary N) is 2. The molecule has 2 N–H and O–H groups in total. The van der Waals surface area contributed by atoms with Crippen LogP contribution < -0.4 is 10.0 Å². The molecule has 1 fully saturated rings. The van der Waals surface area contributed by atoms with Gasteiger partial charge in [-0.05, 0) is 32.2 Å². The van der Waals surface area contributed by atoms with Crippen molar-refractivity contribution in [2.75, 3.05) is 18.8 Å². The van der Waals surface area contributed by atoms with E-state index in [2.05, 4.69) is 10.0 Å². The highest BCUT2D eigenvalue weighted by atomic mass is 32.2. The van der Waals surface area contributed by atoms with Crippen molar-refractivity contribution >= 4 is 10.0 Å². The van der Waals surface area contributed by atoms with Gasteiger partial charge in [0.15, 0.2) is 0 Å². The molecule has 102 valence electrons. The number of likely N-dealkylation sites (N-methyl/N-ethyl adjacent to an activating group) is 1. The first-order valence-electron chi connectivity index (χ1n) is 6.74. The SMILES string of the molecule is CCN[C@H](C)CNS(=O)(=O)CC1CCCCC1. The highest BCUT2D eigenvalue weighted by Gasteiger charge is 2.21. The van der Waals surface area contributed by atoms with Crippen LogP contribution in [0.25, 0.3) is 0 Å². The molecular formula is C12H26N2O2S. The minimum absolute atomic E-state index is 0.195. The maximum absolute atomic E-state index is 11.9. The van der Waals surface area contributed by atoms with E-state index in [9.17, 15) is 8.42 Å². The molecule has 1 saturated carbocycles. The van der Waals surface area contributed by atoms with Crippen molar-refractivity contribution < 1.29 is 8.42 Å². The summed E-state index contributed by atoms with van der Waals surface area (Å²) in [7, 11) is -3.08. The summed E-state index contributed by atoms with van der Waals surface area (Å²) in [5.74, 6) is 0.682. The second-order valence-corrected chi connectivity index (χ2v) is 6.94. The molecule has 1 rings (SSSR count). The highest BCUT2D eigenvalue weighted by molar-refractivity contribution is 7.89. The molecule has 0 saturated heterocycles. The van der Waals surface area contributed by atoms with Crippen LogP contribution in [0.1, 0.15) is 46.0 Å². The molecule has 0 bridgehead atoms. The van der Waals surface area contributed by atoms with Crippen LogP contribution in [0.2, 0.25) is 0 Å². The summed E-state index contributed by atoms with van der Waals surface area (Å²) >= 11 is 0. The average molecular weight is 262 g/mol. The summed E-state index contributed by atoms with van der Waals surface area (Å²) in [6.45, 7) is 5.37. The third-order valence-corrected chi connectivity index (χ3v) is 4.86. The zero-order chi connectivity index (χ0) is 12.7. The third-order valence-electron chi connectivity index (χ3n) is 3.34. The third kappa shape index (κ3) is 6.38. The zero-order valence-corrected chi connectivity index (χ0v) is 11.9. The van der Waals surface area contributed by atoms with Gasteiger partial charge in [0.25, 0.3) is 0 Å². The van der Waals surface area contributed by atoms with Gasteiger partial charge in [0, 0.05) is 12.6 Å². The van der Waals surface area contributed by atoms with Crippen molar-refractivity contribution in [2.24, 2.45) is 5.92 Å². The molecule has 0 radical (unpaired) electrons. The predicted octanol–water partition coefficient (Wildman–Crippen LogP) is 1.48. The Kier molecular flexibility index (Phi) is 6.44. The maximum Gasteiger partial charge on any atom is 0.211 e. The van der Waals surface area contributed by atoms with Crippen molar-refractivity contribution in [1.29, 1.82) is 0 Å². The molecule has 0 amide bonds. The van der Waals surface area contributed by atoms with Gasteiger partial charge in [-0.1, -0.05) is 26.2 Å². The summed E-state index contributed by atoms with van der Waals surface area (Å²) in [5.41, 5.74) is 0. The standard InChI is InChI=1S/C12H26N2O2S/c1-3-13-11(2)9-14-17(15,16)10-12-7-5-4-6-8-12/h11-14H,3-10H2,1-2H3/t11-/m1/s1. The molecule has 0 aromatic rings. The minimum Gasteiger partial charge on any atom is -0.313 e. The number of hydrogen-bond donors (Lipinski definition) is 2. The Morgan fingerprint density at radius 3 is 2.47 bits per heavy atom. The second-order valence-electron chi connectivity index (χ2n) is 5.09. The summed E-state index contributed by atoms with van der Waals surface area (Å²) in [6, 6.07) is 0.195. The smallest absolute Gasteiger partial charge is 0.211 e. The van der Waals surface area contributed by atoms with E-state index in [0.717, 1.165) is 19.4 Å². The molecular weight excluding hydrogens is 236 g/mol. The average Bonchev–Trinajstić information content (AvgIpc) is 2.28. The van der Waals surface area contributed by atoms with Crippen LogP contribution in [-0.4, -0.2) is 33.3 Å². The Labute approximate surface area is 106 Å². The van der Waals surface area contributed by atoms with Crippen LogP contribution >= 0.6 is 0 Å². The molecule has 4 nitrogen and oxygen atoms in total. The Hall–Kier alpha value is -0.130. The van der Waals surface area contributed by atoms with E-state index in [1.165, 1.54) is 19.3 Å². The summed E-state index contributed by atoms with van der Waals surface area (Å²) in [5, 5.41) is 3.19. The van der Waals surface area contributed by atoms with Gasteiger partial charge in [0.2, 0.25) is 10.0 Å². The lowest BCUT2D eigenvalue weighted by Gasteiger charge is -2.22. The fourth-order valence-corrected chi connectivity index (χ4v) is 3.97. The van der Waals surface area contributed by atoms with Crippen LogP contribution in [0, 0.1) is 5.92 Å². The zero-order valence-electron chi connectivity index (χ0n) is 11.0. The van der Waals surface area contributed by atoms with Crippen LogP contribution in [0.3, 0.4) is 0 Å². The summed E-state index contributed by atoms with van der Waals surface area (Å²) in [6.07, 6.45) is 5.79. The number of rotatable bonds is 7. The molecule has 0 spiro atoms. The van der Waals surface area contributed by atoms with Gasteiger partial charge in [0.1, 0.15) is 0 Å². The monoisotopic (exact) mass is 262 g/mol. The molecule has 5 heteroatoms. The first kappa shape index (κ1) is 14.9. The lowest BCUT2D eigenvalue weighted by atomic mass is 9.91. The van der Waals surface area contributed by atoms with Crippen molar-refractivity contribution in [3.05, 3.63) is 0 Å². The van der Waals surface area contributed by atoms with Gasteiger partial charge in [-0.15, -0.1) is 0 Å². The Balaban J connectivity index is 2.29. The Morgan fingerprint density at radius 2 is 1.88 bits per heavy atom. The van der Waals surface area contributed by atoms with E-state index in [0.29, 0.717) is 18.2 Å². The van der Waals surface area contributed by atoms with Gasteiger partial charge in [-0.2, -0.15) is 0 Å².